The van der Waals surface area contributed by atoms with Crippen molar-refractivity contribution in [3.63, 3.8) is 0 Å². The van der Waals surface area contributed by atoms with Crippen LogP contribution in [-0.2, 0) is 21.2 Å². The number of hydrogen-bond donors (Lipinski definition) is 1. The molecule has 1 N–H and O–H groups in total. The Bertz CT molecular complexity index is 1530. The number of halogens is 1. The Morgan fingerprint density at radius 1 is 1.14 bits per heavy atom. The van der Waals surface area contributed by atoms with Crippen LogP contribution in [-0.4, -0.2) is 62.4 Å². The molecular formula is C31H38FN3O6S. The van der Waals surface area contributed by atoms with Crippen molar-refractivity contribution >= 4 is 22.0 Å². The van der Waals surface area contributed by atoms with Crippen molar-refractivity contribution in [1.29, 1.82) is 0 Å². The standard InChI is InChI=1S/C31H38FN3O6S/c1-7-20-8-15-26(27(16-20)39-5)41-28-18-23(36)17-24(40-28)13-14-25-29(19(2)3)33-31(35(4)42(6,37)38)34-30(25)21-9-11-22(32)12-10-21/h8-16,19,23-24,28,36H,7,17-18H2,1-6H3/b14-13+/t23-,24-,28?/m1/s1. The quantitative estimate of drug-likeness (QED) is 0.333. The van der Waals surface area contributed by atoms with E-state index in [9.17, 15) is 17.9 Å². The van der Waals surface area contributed by atoms with Gasteiger partial charge in [-0.3, -0.25) is 0 Å². The highest BCUT2D eigenvalue weighted by atomic mass is 32.2. The molecule has 9 nitrogen and oxygen atoms in total. The van der Waals surface area contributed by atoms with E-state index in [0.29, 0.717) is 40.4 Å². The smallest absolute Gasteiger partial charge is 0.239 e. The molecule has 0 saturated carbocycles. The highest BCUT2D eigenvalue weighted by Gasteiger charge is 2.30. The fourth-order valence-electron chi connectivity index (χ4n) is 4.66. The number of aromatic nitrogens is 2. The van der Waals surface area contributed by atoms with E-state index >= 15 is 0 Å². The van der Waals surface area contributed by atoms with E-state index in [4.69, 9.17) is 14.2 Å². The molecule has 1 unspecified atom stereocenters. The molecule has 226 valence electrons. The Morgan fingerprint density at radius 2 is 1.86 bits per heavy atom. The molecule has 0 aliphatic carbocycles. The van der Waals surface area contributed by atoms with Gasteiger partial charge in [0.1, 0.15) is 5.82 Å². The third-order valence-corrected chi connectivity index (χ3v) is 8.23. The van der Waals surface area contributed by atoms with Crippen LogP contribution in [0.4, 0.5) is 10.3 Å². The first-order valence-electron chi connectivity index (χ1n) is 13.9. The number of sulfonamides is 1. The van der Waals surface area contributed by atoms with Gasteiger partial charge in [0.15, 0.2) is 11.5 Å². The highest BCUT2D eigenvalue weighted by molar-refractivity contribution is 7.92. The van der Waals surface area contributed by atoms with Gasteiger partial charge in [-0.25, -0.2) is 27.1 Å². The lowest BCUT2D eigenvalue weighted by atomic mass is 9.96. The summed E-state index contributed by atoms with van der Waals surface area (Å²) in [4.78, 5) is 9.20. The first kappa shape index (κ1) is 31.4. The summed E-state index contributed by atoms with van der Waals surface area (Å²) < 4.78 is 57.2. The second-order valence-corrected chi connectivity index (χ2v) is 12.6. The Hall–Kier alpha value is -3.54. The van der Waals surface area contributed by atoms with Crippen LogP contribution in [0.2, 0.25) is 0 Å². The first-order chi connectivity index (χ1) is 19.9. The summed E-state index contributed by atoms with van der Waals surface area (Å²) in [6, 6.07) is 11.5. The zero-order valence-electron chi connectivity index (χ0n) is 24.7. The van der Waals surface area contributed by atoms with Crippen LogP contribution in [0.5, 0.6) is 11.5 Å². The van der Waals surface area contributed by atoms with Gasteiger partial charge in [-0.1, -0.05) is 39.0 Å². The van der Waals surface area contributed by atoms with Crippen LogP contribution in [0.25, 0.3) is 17.3 Å². The van der Waals surface area contributed by atoms with Gasteiger partial charge in [-0.2, -0.15) is 0 Å². The maximum absolute atomic E-state index is 13.8. The summed E-state index contributed by atoms with van der Waals surface area (Å²) in [6.45, 7) is 5.95. The number of aliphatic hydroxyl groups excluding tert-OH is 1. The molecule has 0 bridgehead atoms. The second kappa shape index (κ2) is 13.2. The van der Waals surface area contributed by atoms with E-state index in [2.05, 4.69) is 16.9 Å². The van der Waals surface area contributed by atoms with E-state index < -0.39 is 34.3 Å². The van der Waals surface area contributed by atoms with Gasteiger partial charge >= 0.3 is 0 Å². The molecule has 1 fully saturated rings. The molecule has 0 spiro atoms. The number of aryl methyl sites for hydroxylation is 1. The average molecular weight is 600 g/mol. The monoisotopic (exact) mass is 599 g/mol. The van der Waals surface area contributed by atoms with Crippen molar-refractivity contribution in [2.45, 2.75) is 64.4 Å². The Morgan fingerprint density at radius 3 is 2.48 bits per heavy atom. The third kappa shape index (κ3) is 7.45. The third-order valence-electron chi connectivity index (χ3n) is 7.07. The van der Waals surface area contributed by atoms with Crippen LogP contribution < -0.4 is 13.8 Å². The van der Waals surface area contributed by atoms with Gasteiger partial charge in [0, 0.05) is 31.0 Å². The van der Waals surface area contributed by atoms with Crippen molar-refractivity contribution in [1.82, 2.24) is 9.97 Å². The summed E-state index contributed by atoms with van der Waals surface area (Å²) >= 11 is 0. The van der Waals surface area contributed by atoms with Gasteiger partial charge in [0.25, 0.3) is 0 Å². The number of hydrogen-bond acceptors (Lipinski definition) is 8. The van der Waals surface area contributed by atoms with Crippen molar-refractivity contribution in [3.05, 3.63) is 71.2 Å². The average Bonchev–Trinajstić information content (AvgIpc) is 2.95. The SMILES string of the molecule is CCc1ccc(OC2C[C@H](O)C[C@@H](/C=C/c3c(-c4ccc(F)cc4)nc(N(C)S(C)(=O)=O)nc3C(C)C)O2)c(OC)c1. The molecule has 3 atom stereocenters. The van der Waals surface area contributed by atoms with Crippen molar-refractivity contribution in [3.8, 4) is 22.8 Å². The molecular weight excluding hydrogens is 561 g/mol. The molecule has 2 aromatic carbocycles. The number of aliphatic hydroxyl groups is 1. The fourth-order valence-corrected chi connectivity index (χ4v) is 5.04. The maximum Gasteiger partial charge on any atom is 0.239 e. The maximum atomic E-state index is 13.8. The summed E-state index contributed by atoms with van der Waals surface area (Å²) in [5, 5.41) is 10.7. The Labute approximate surface area is 247 Å². The van der Waals surface area contributed by atoms with Crippen LogP contribution in [0.3, 0.4) is 0 Å². The van der Waals surface area contributed by atoms with E-state index in [1.54, 1.807) is 19.2 Å². The van der Waals surface area contributed by atoms with E-state index in [1.165, 1.54) is 19.2 Å². The molecule has 0 amide bonds. The van der Waals surface area contributed by atoms with E-state index in [-0.39, 0.29) is 18.3 Å². The minimum atomic E-state index is -3.63. The number of rotatable bonds is 10. The van der Waals surface area contributed by atoms with Gasteiger partial charge in [0.05, 0.1) is 37.0 Å². The van der Waals surface area contributed by atoms with Gasteiger partial charge in [0.2, 0.25) is 22.3 Å². The van der Waals surface area contributed by atoms with Gasteiger partial charge < -0.3 is 19.3 Å². The molecule has 1 aromatic heterocycles. The molecule has 1 aliphatic heterocycles. The van der Waals surface area contributed by atoms with Crippen molar-refractivity contribution < 1.29 is 32.1 Å². The molecule has 11 heteroatoms. The van der Waals surface area contributed by atoms with E-state index in [0.717, 1.165) is 22.5 Å². The normalized spacial score (nSPS) is 19.3. The molecule has 0 radical (unpaired) electrons. The van der Waals surface area contributed by atoms with Crippen LogP contribution in [0.15, 0.2) is 48.5 Å². The lowest BCUT2D eigenvalue weighted by molar-refractivity contribution is -0.161. The lowest BCUT2D eigenvalue weighted by Crippen LogP contribution is -2.38. The minimum Gasteiger partial charge on any atom is -0.493 e. The zero-order valence-corrected chi connectivity index (χ0v) is 25.6. The highest BCUT2D eigenvalue weighted by Crippen LogP contribution is 2.34. The van der Waals surface area contributed by atoms with Crippen LogP contribution >= 0.6 is 0 Å². The number of benzene rings is 2. The summed E-state index contributed by atoms with van der Waals surface area (Å²) in [5.41, 5.74) is 3.40. The van der Waals surface area contributed by atoms with Crippen molar-refractivity contribution in [2.24, 2.45) is 0 Å². The Balaban J connectivity index is 1.70. The zero-order chi connectivity index (χ0) is 30.6. The molecule has 3 aromatic rings. The van der Waals surface area contributed by atoms with Crippen LogP contribution in [0, 0.1) is 5.82 Å². The lowest BCUT2D eigenvalue weighted by Gasteiger charge is -2.32. The first-order valence-corrected chi connectivity index (χ1v) is 15.7. The Kier molecular flexibility index (Phi) is 9.85. The summed E-state index contributed by atoms with van der Waals surface area (Å²) in [7, 11) is -0.665. The largest absolute Gasteiger partial charge is 0.493 e. The number of ether oxygens (including phenoxy) is 3. The van der Waals surface area contributed by atoms with Gasteiger partial charge in [-0.15, -0.1) is 0 Å². The second-order valence-electron chi connectivity index (χ2n) is 10.6. The predicted molar refractivity (Wildman–Crippen MR) is 161 cm³/mol. The molecule has 1 aliphatic rings. The van der Waals surface area contributed by atoms with Gasteiger partial charge in [-0.05, 0) is 54.3 Å². The molecule has 42 heavy (non-hydrogen) atoms. The summed E-state index contributed by atoms with van der Waals surface area (Å²) in [6.07, 6.45) is 4.32. The van der Waals surface area contributed by atoms with Crippen LogP contribution in [0.1, 0.15) is 56.4 Å². The minimum absolute atomic E-state index is 0.0125. The number of nitrogens with zero attached hydrogens (tertiary/aromatic N) is 3. The molecule has 4 rings (SSSR count). The predicted octanol–water partition coefficient (Wildman–Crippen LogP) is 5.33. The molecule has 2 heterocycles. The molecule has 1 saturated heterocycles. The number of methoxy groups -OCH3 is 1. The van der Waals surface area contributed by atoms with E-state index in [1.807, 2.05) is 44.2 Å². The summed E-state index contributed by atoms with van der Waals surface area (Å²) in [5.74, 6) is 0.617. The van der Waals surface area contributed by atoms with Crippen molar-refractivity contribution in [2.75, 3.05) is 24.7 Å². The fraction of sp³-hybridized carbons (Fsp3) is 0.419. The topological polar surface area (TPSA) is 111 Å². The number of anilines is 1.